The number of ether oxygens (including phenoxy) is 2. The molecule has 6 aromatic carbocycles. The van der Waals surface area contributed by atoms with Crippen molar-refractivity contribution >= 4 is 34.1 Å². The molecule has 64 heavy (non-hydrogen) atoms. The summed E-state index contributed by atoms with van der Waals surface area (Å²) in [6.45, 7) is 1.48. The maximum atomic E-state index is 6.30. The molecule has 2 aliphatic heterocycles. The molecule has 8 N–H and O–H groups in total. The van der Waals surface area contributed by atoms with E-state index in [4.69, 9.17) is 32.4 Å². The van der Waals surface area contributed by atoms with Crippen molar-refractivity contribution in [2.24, 2.45) is 0 Å². The van der Waals surface area contributed by atoms with E-state index in [0.717, 1.165) is 71.7 Å². The number of nitrogen functional groups attached to an aromatic ring is 4. The maximum absolute atomic E-state index is 6.30. The molecule has 2 heterocycles. The van der Waals surface area contributed by atoms with Crippen LogP contribution in [0.3, 0.4) is 0 Å². The van der Waals surface area contributed by atoms with Crippen molar-refractivity contribution < 1.29 is 9.47 Å². The van der Waals surface area contributed by atoms with E-state index in [-0.39, 0.29) is 12.1 Å². The Hall–Kier alpha value is -6.28. The number of benzene rings is 6. The van der Waals surface area contributed by atoms with Gasteiger partial charge in [-0.3, -0.25) is 0 Å². The fraction of sp³-hybridized carbons (Fsp3) is 0.357. The molecule has 8 nitrogen and oxygen atoms in total. The summed E-state index contributed by atoms with van der Waals surface area (Å²) in [7, 11) is 4.27. The first-order valence-corrected chi connectivity index (χ1v) is 23.7. The molecule has 0 aliphatic carbocycles. The van der Waals surface area contributed by atoms with Crippen LogP contribution < -0.4 is 42.2 Å². The molecule has 8 heteroatoms. The third-order valence-corrected chi connectivity index (χ3v) is 13.3. The molecule has 2 unspecified atom stereocenters. The highest BCUT2D eigenvalue weighted by atomic mass is 16.5. The van der Waals surface area contributed by atoms with Crippen LogP contribution in [0, 0.1) is 0 Å². The lowest BCUT2D eigenvalue weighted by Gasteiger charge is -2.38. The molecule has 0 saturated heterocycles. The van der Waals surface area contributed by atoms with Crippen LogP contribution in [-0.4, -0.2) is 27.3 Å². The van der Waals surface area contributed by atoms with E-state index in [1.165, 1.54) is 122 Å². The zero-order valence-corrected chi connectivity index (χ0v) is 38.0. The first-order chi connectivity index (χ1) is 31.2. The highest BCUT2D eigenvalue weighted by molar-refractivity contribution is 5.89. The Morgan fingerprint density at radius 2 is 0.703 bits per heavy atom. The Morgan fingerprint density at radius 3 is 1.08 bits per heavy atom. The zero-order chi connectivity index (χ0) is 44.4. The number of fused-ring (bicyclic) bond motifs is 6. The van der Waals surface area contributed by atoms with Crippen molar-refractivity contribution in [1.29, 1.82) is 0 Å². The van der Waals surface area contributed by atoms with Gasteiger partial charge in [-0.15, -0.1) is 0 Å². The van der Waals surface area contributed by atoms with Gasteiger partial charge < -0.3 is 42.2 Å². The van der Waals surface area contributed by atoms with Gasteiger partial charge in [-0.1, -0.05) is 126 Å². The van der Waals surface area contributed by atoms with E-state index in [2.05, 4.69) is 121 Å². The van der Waals surface area contributed by atoms with Gasteiger partial charge in [0.15, 0.2) is 0 Å². The predicted molar refractivity (Wildman–Crippen MR) is 270 cm³/mol. The fourth-order valence-electron chi connectivity index (χ4n) is 10.00. The number of hydrogen-bond acceptors (Lipinski definition) is 8. The van der Waals surface area contributed by atoms with Gasteiger partial charge in [0.05, 0.1) is 25.3 Å². The molecule has 334 valence electrons. The van der Waals surface area contributed by atoms with E-state index in [9.17, 15) is 0 Å². The van der Waals surface area contributed by atoms with Crippen LogP contribution >= 0.6 is 0 Å². The summed E-state index contributed by atoms with van der Waals surface area (Å²) >= 11 is 0. The highest BCUT2D eigenvalue weighted by Crippen LogP contribution is 2.49. The van der Waals surface area contributed by atoms with Crippen molar-refractivity contribution in [3.63, 3.8) is 0 Å². The summed E-state index contributed by atoms with van der Waals surface area (Å²) in [6.07, 6.45) is 17.8. The molecule has 0 amide bonds. The molecule has 0 bridgehead atoms. The van der Waals surface area contributed by atoms with Gasteiger partial charge in [-0.2, -0.15) is 0 Å². The van der Waals surface area contributed by atoms with E-state index in [1.807, 2.05) is 24.3 Å². The second-order valence-corrected chi connectivity index (χ2v) is 18.1. The van der Waals surface area contributed by atoms with Crippen LogP contribution in [0.25, 0.3) is 22.3 Å². The Morgan fingerprint density at radius 1 is 0.375 bits per heavy atom. The third kappa shape index (κ3) is 10.4. The molecule has 8 rings (SSSR count). The van der Waals surface area contributed by atoms with E-state index >= 15 is 0 Å². The third-order valence-electron chi connectivity index (χ3n) is 13.3. The number of nitrogens with zero attached hydrogens (tertiary/aromatic N) is 2. The molecule has 0 aromatic heterocycles. The number of anilines is 6. The molecular weight excluding hydrogens is 789 g/mol. The quantitative estimate of drug-likeness (QED) is 0.0416. The van der Waals surface area contributed by atoms with Crippen LogP contribution in [0.15, 0.2) is 121 Å². The lowest BCUT2D eigenvalue weighted by molar-refractivity contribution is 0.303. The second kappa shape index (κ2) is 20.9. The van der Waals surface area contributed by atoms with Crippen molar-refractivity contribution in [3.05, 3.63) is 144 Å². The average Bonchev–Trinajstić information content (AvgIpc) is 3.29. The molecule has 2 atom stereocenters. The van der Waals surface area contributed by atoms with Crippen LogP contribution in [0.4, 0.5) is 34.1 Å². The Kier molecular flexibility index (Phi) is 14.5. The van der Waals surface area contributed by atoms with E-state index in [1.54, 1.807) is 0 Å². The summed E-state index contributed by atoms with van der Waals surface area (Å²) in [5, 5.41) is 0. The number of nitrogens with two attached hydrogens (primary N) is 4. The summed E-state index contributed by atoms with van der Waals surface area (Å²) in [5.74, 6) is 1.84. The lowest BCUT2D eigenvalue weighted by Crippen LogP contribution is -2.29. The summed E-state index contributed by atoms with van der Waals surface area (Å²) < 4.78 is 12.6. The topological polar surface area (TPSA) is 129 Å². The van der Waals surface area contributed by atoms with Crippen LogP contribution in [0.5, 0.6) is 11.5 Å². The van der Waals surface area contributed by atoms with Crippen LogP contribution in [-0.2, 0) is 0 Å². The van der Waals surface area contributed by atoms with Gasteiger partial charge in [-0.05, 0) is 119 Å². The molecule has 0 fully saturated rings. The molecule has 0 radical (unpaired) electrons. The summed E-state index contributed by atoms with van der Waals surface area (Å²) in [6, 6.07) is 41.9. The number of unbranched alkanes of at least 4 members (excludes halogenated alkanes) is 13. The smallest absolute Gasteiger partial charge is 0.119 e. The Bertz CT molecular complexity index is 2330. The van der Waals surface area contributed by atoms with Gasteiger partial charge in [0.2, 0.25) is 0 Å². The Balaban J connectivity index is 0.660. The van der Waals surface area contributed by atoms with Crippen molar-refractivity contribution in [2.75, 3.05) is 60.0 Å². The molecular formula is C56H68N6O2. The van der Waals surface area contributed by atoms with E-state index in [0.29, 0.717) is 0 Å². The summed E-state index contributed by atoms with van der Waals surface area (Å²) in [5.41, 5.74) is 39.9. The van der Waals surface area contributed by atoms with Gasteiger partial charge in [0.25, 0.3) is 0 Å². The first-order valence-electron chi connectivity index (χ1n) is 23.7. The SMILES string of the molecule is CN1c2cc(N)ccc2-c2ccc(N)cc2C1c1cccc(OCCCCCCCCCCCCCCCCOc2cccc(C3c4cc(N)ccc4-c4ccc(N)cc4N3C)c2)c1. The van der Waals surface area contributed by atoms with Gasteiger partial charge in [-0.25, -0.2) is 0 Å². The van der Waals surface area contributed by atoms with Gasteiger partial charge in [0, 0.05) is 59.3 Å². The molecule has 2 aliphatic rings. The minimum atomic E-state index is 0.0158. The van der Waals surface area contributed by atoms with Crippen LogP contribution in [0.1, 0.15) is 124 Å². The molecule has 0 spiro atoms. The average molecular weight is 857 g/mol. The molecule has 0 saturated carbocycles. The van der Waals surface area contributed by atoms with Gasteiger partial charge >= 0.3 is 0 Å². The van der Waals surface area contributed by atoms with Gasteiger partial charge in [0.1, 0.15) is 11.5 Å². The van der Waals surface area contributed by atoms with Crippen molar-refractivity contribution in [2.45, 2.75) is 102 Å². The van der Waals surface area contributed by atoms with Crippen molar-refractivity contribution in [3.8, 4) is 33.8 Å². The highest BCUT2D eigenvalue weighted by Gasteiger charge is 2.32. The minimum absolute atomic E-state index is 0.0158. The largest absolute Gasteiger partial charge is 0.494 e. The minimum Gasteiger partial charge on any atom is -0.494 e. The van der Waals surface area contributed by atoms with Crippen molar-refractivity contribution in [1.82, 2.24) is 0 Å². The Labute approximate surface area is 381 Å². The first kappa shape index (κ1) is 44.3. The monoisotopic (exact) mass is 857 g/mol. The number of hydrogen-bond donors (Lipinski definition) is 4. The fourth-order valence-corrected chi connectivity index (χ4v) is 10.00. The predicted octanol–water partition coefficient (Wildman–Crippen LogP) is 13.3. The standard InChI is InChI=1S/C56H68N6O2/c1-61-53-37-43(59)25-29-49(53)47-27-23-41(57)35-51(47)55(61)39-19-17-21-45(33-39)63-31-15-13-11-9-7-5-3-4-6-8-10-12-14-16-32-64-46-22-18-20-40(34-46)56-52-36-42(58)24-28-48(52)50-30-26-44(60)38-54(50)62(56)2/h17-30,33-38,55-56H,3-16,31-32,57-60H2,1-2H3. The molecule has 6 aromatic rings. The zero-order valence-electron chi connectivity index (χ0n) is 38.0. The normalized spacial score (nSPS) is 15.0. The van der Waals surface area contributed by atoms with E-state index < -0.39 is 0 Å². The van der Waals surface area contributed by atoms with Crippen LogP contribution in [0.2, 0.25) is 0 Å². The number of rotatable bonds is 21. The maximum Gasteiger partial charge on any atom is 0.119 e. The second-order valence-electron chi connectivity index (χ2n) is 18.1. The summed E-state index contributed by atoms with van der Waals surface area (Å²) in [4.78, 5) is 4.61. The lowest BCUT2D eigenvalue weighted by atomic mass is 9.84.